The molecule has 0 saturated heterocycles. The number of anilines is 2. The summed E-state index contributed by atoms with van der Waals surface area (Å²) < 4.78 is 0. The third-order valence-electron chi connectivity index (χ3n) is 4.87. The first-order chi connectivity index (χ1) is 15.4. The van der Waals surface area contributed by atoms with E-state index in [2.05, 4.69) is 21.3 Å². The average molecular weight is 439 g/mol. The second-order valence-corrected chi connectivity index (χ2v) is 7.32. The van der Waals surface area contributed by atoms with Gasteiger partial charge in [0.25, 0.3) is 11.8 Å². The maximum absolute atomic E-state index is 12.0. The van der Waals surface area contributed by atoms with Crippen molar-refractivity contribution < 1.29 is 19.2 Å². The Balaban J connectivity index is 1.58. The first-order valence-electron chi connectivity index (χ1n) is 10.7. The molecular weight excluding hydrogens is 408 g/mol. The van der Waals surface area contributed by atoms with Gasteiger partial charge >= 0.3 is 0 Å². The molecule has 8 nitrogen and oxygen atoms in total. The van der Waals surface area contributed by atoms with E-state index < -0.39 is 0 Å². The maximum Gasteiger partial charge on any atom is 0.251 e. The van der Waals surface area contributed by atoms with Gasteiger partial charge in [0.15, 0.2) is 0 Å². The number of rotatable bonds is 11. The van der Waals surface area contributed by atoms with E-state index in [-0.39, 0.29) is 23.6 Å². The highest BCUT2D eigenvalue weighted by Gasteiger charge is 2.07. The number of carbonyl (C=O) groups excluding carboxylic acids is 4. The number of unbranched alkanes of at least 4 members (excludes halogenated alkanes) is 3. The van der Waals surface area contributed by atoms with Gasteiger partial charge in [-0.15, -0.1) is 0 Å². The van der Waals surface area contributed by atoms with Crippen molar-refractivity contribution in [3.8, 4) is 0 Å². The number of hydrogen-bond acceptors (Lipinski definition) is 4. The lowest BCUT2D eigenvalue weighted by molar-refractivity contribution is -0.117. The lowest BCUT2D eigenvalue weighted by atomic mass is 10.1. The second-order valence-electron chi connectivity index (χ2n) is 7.32. The van der Waals surface area contributed by atoms with Gasteiger partial charge in [-0.1, -0.05) is 12.8 Å². The minimum atomic E-state index is -0.171. The lowest BCUT2D eigenvalue weighted by Gasteiger charge is -2.07. The molecule has 0 spiro atoms. The summed E-state index contributed by atoms with van der Waals surface area (Å²) in [6, 6.07) is 13.5. The van der Waals surface area contributed by atoms with Crippen LogP contribution in [-0.4, -0.2) is 37.7 Å². The van der Waals surface area contributed by atoms with Gasteiger partial charge in [0.05, 0.1) is 0 Å². The lowest BCUT2D eigenvalue weighted by Crippen LogP contribution is -2.17. The molecule has 0 aliphatic heterocycles. The fraction of sp³-hybridized carbons (Fsp3) is 0.333. The van der Waals surface area contributed by atoms with Crippen LogP contribution < -0.4 is 21.3 Å². The molecule has 4 amide bonds. The van der Waals surface area contributed by atoms with E-state index >= 15 is 0 Å². The Bertz CT molecular complexity index is 847. The quantitative estimate of drug-likeness (QED) is 0.403. The summed E-state index contributed by atoms with van der Waals surface area (Å²) >= 11 is 0. The highest BCUT2D eigenvalue weighted by atomic mass is 16.2. The molecule has 2 aromatic carbocycles. The Hall–Kier alpha value is -3.68. The molecule has 8 heteroatoms. The Morgan fingerprint density at radius 1 is 0.562 bits per heavy atom. The molecule has 0 radical (unpaired) electrons. The summed E-state index contributed by atoms with van der Waals surface area (Å²) in [5.74, 6) is -0.489. The molecule has 0 unspecified atom stereocenters. The number of carbonyl (C=O) groups is 4. The highest BCUT2D eigenvalue weighted by molar-refractivity contribution is 5.96. The van der Waals surface area contributed by atoms with Gasteiger partial charge in [-0.05, 0) is 61.4 Å². The molecule has 0 heterocycles. The van der Waals surface area contributed by atoms with E-state index in [0.717, 1.165) is 25.7 Å². The van der Waals surface area contributed by atoms with Crippen LogP contribution in [0.4, 0.5) is 11.4 Å². The van der Waals surface area contributed by atoms with Crippen molar-refractivity contribution >= 4 is 35.0 Å². The summed E-state index contributed by atoms with van der Waals surface area (Å²) in [5.41, 5.74) is 2.39. The third-order valence-corrected chi connectivity index (χ3v) is 4.87. The smallest absolute Gasteiger partial charge is 0.251 e. The van der Waals surface area contributed by atoms with Gasteiger partial charge in [-0.3, -0.25) is 19.2 Å². The van der Waals surface area contributed by atoms with Crippen LogP contribution in [0.15, 0.2) is 48.5 Å². The molecule has 0 aliphatic rings. The van der Waals surface area contributed by atoms with Gasteiger partial charge in [0.1, 0.15) is 0 Å². The SMILES string of the molecule is CNC(=O)c1ccc(NC(=O)CCCCCCC(=O)Nc2ccc(C(=O)NC)cc2)cc1. The fourth-order valence-electron chi connectivity index (χ4n) is 3.07. The van der Waals surface area contributed by atoms with E-state index in [1.165, 1.54) is 0 Å². The van der Waals surface area contributed by atoms with Crippen molar-refractivity contribution in [2.45, 2.75) is 38.5 Å². The van der Waals surface area contributed by atoms with E-state index in [9.17, 15) is 19.2 Å². The Kier molecular flexibility index (Phi) is 9.90. The fourth-order valence-corrected chi connectivity index (χ4v) is 3.07. The van der Waals surface area contributed by atoms with Crippen LogP contribution >= 0.6 is 0 Å². The summed E-state index contributed by atoms with van der Waals surface area (Å²) in [7, 11) is 3.14. The third kappa shape index (κ3) is 8.22. The standard InChI is InChI=1S/C24H30N4O4/c1-25-23(31)17-9-13-19(14-10-17)27-21(29)7-5-3-4-6-8-22(30)28-20-15-11-18(12-16-20)24(32)26-2/h9-16H,3-8H2,1-2H3,(H,25,31)(H,26,32)(H,27,29)(H,28,30). The highest BCUT2D eigenvalue weighted by Crippen LogP contribution is 2.13. The van der Waals surface area contributed by atoms with Gasteiger partial charge in [0, 0.05) is 49.4 Å². The van der Waals surface area contributed by atoms with Gasteiger partial charge in [0.2, 0.25) is 11.8 Å². The zero-order valence-electron chi connectivity index (χ0n) is 18.5. The van der Waals surface area contributed by atoms with Crippen LogP contribution in [0.2, 0.25) is 0 Å². The van der Waals surface area contributed by atoms with E-state index in [1.807, 2.05) is 0 Å². The molecule has 2 aromatic rings. The van der Waals surface area contributed by atoms with Crippen molar-refractivity contribution in [2.75, 3.05) is 24.7 Å². The molecule has 170 valence electrons. The minimum Gasteiger partial charge on any atom is -0.355 e. The monoisotopic (exact) mass is 438 g/mol. The van der Waals surface area contributed by atoms with Crippen molar-refractivity contribution in [3.05, 3.63) is 59.7 Å². The van der Waals surface area contributed by atoms with E-state index in [1.54, 1.807) is 62.6 Å². The first-order valence-corrected chi connectivity index (χ1v) is 10.7. The normalized spacial score (nSPS) is 10.2. The molecule has 32 heavy (non-hydrogen) atoms. The maximum atomic E-state index is 12.0. The molecule has 2 rings (SSSR count). The molecule has 0 fully saturated rings. The summed E-state index contributed by atoms with van der Waals surface area (Å²) in [5, 5.41) is 10.7. The zero-order chi connectivity index (χ0) is 23.3. The minimum absolute atomic E-state index is 0.0735. The number of amides is 4. The number of hydrogen-bond donors (Lipinski definition) is 4. The molecule has 0 aromatic heterocycles. The molecular formula is C24H30N4O4. The van der Waals surface area contributed by atoms with Crippen LogP contribution in [0, 0.1) is 0 Å². The van der Waals surface area contributed by atoms with Crippen molar-refractivity contribution in [1.29, 1.82) is 0 Å². The number of nitrogens with one attached hydrogen (secondary N) is 4. The zero-order valence-corrected chi connectivity index (χ0v) is 18.5. The Morgan fingerprint density at radius 3 is 1.22 bits per heavy atom. The topological polar surface area (TPSA) is 116 Å². The van der Waals surface area contributed by atoms with E-state index in [0.29, 0.717) is 35.3 Å². The van der Waals surface area contributed by atoms with Crippen molar-refractivity contribution in [3.63, 3.8) is 0 Å². The molecule has 4 N–H and O–H groups in total. The molecule has 0 bridgehead atoms. The van der Waals surface area contributed by atoms with Crippen LogP contribution in [-0.2, 0) is 9.59 Å². The van der Waals surface area contributed by atoms with Crippen molar-refractivity contribution in [2.24, 2.45) is 0 Å². The summed E-state index contributed by atoms with van der Waals surface area (Å²) in [6.45, 7) is 0. The predicted molar refractivity (Wildman–Crippen MR) is 125 cm³/mol. The molecule has 0 aliphatic carbocycles. The molecule has 0 atom stereocenters. The first kappa shape index (κ1) is 24.6. The Morgan fingerprint density at radius 2 is 0.906 bits per heavy atom. The van der Waals surface area contributed by atoms with Gasteiger partial charge < -0.3 is 21.3 Å². The summed E-state index contributed by atoms with van der Waals surface area (Å²) in [6.07, 6.45) is 4.01. The van der Waals surface area contributed by atoms with E-state index in [4.69, 9.17) is 0 Å². The van der Waals surface area contributed by atoms with Crippen LogP contribution in [0.3, 0.4) is 0 Å². The Labute approximate surface area is 188 Å². The van der Waals surface area contributed by atoms with Crippen LogP contribution in [0.25, 0.3) is 0 Å². The largest absolute Gasteiger partial charge is 0.355 e. The summed E-state index contributed by atoms with van der Waals surface area (Å²) in [4.78, 5) is 47.1. The average Bonchev–Trinajstić information content (AvgIpc) is 2.81. The second kappa shape index (κ2) is 12.9. The number of benzene rings is 2. The molecule has 0 saturated carbocycles. The van der Waals surface area contributed by atoms with Gasteiger partial charge in [-0.2, -0.15) is 0 Å². The van der Waals surface area contributed by atoms with Crippen LogP contribution in [0.1, 0.15) is 59.2 Å². The predicted octanol–water partition coefficient (Wildman–Crippen LogP) is 3.32. The van der Waals surface area contributed by atoms with Gasteiger partial charge in [-0.25, -0.2) is 0 Å². The van der Waals surface area contributed by atoms with Crippen LogP contribution in [0.5, 0.6) is 0 Å². The van der Waals surface area contributed by atoms with Crippen molar-refractivity contribution in [1.82, 2.24) is 10.6 Å².